The Labute approximate surface area is 208 Å². The Bertz CT molecular complexity index is 1450. The molecule has 0 atom stereocenters. The Kier molecular flexibility index (Phi) is 6.90. The Morgan fingerprint density at radius 3 is 2.64 bits per heavy atom. The average Bonchev–Trinajstić information content (AvgIpc) is 2.86. The van der Waals surface area contributed by atoms with Gasteiger partial charge in [0.2, 0.25) is 5.91 Å². The molecule has 1 aromatic heterocycles. The molecule has 184 valence electrons. The second-order valence-corrected chi connectivity index (χ2v) is 8.85. The summed E-state index contributed by atoms with van der Waals surface area (Å²) in [4.78, 5) is 41.6. The highest BCUT2D eigenvalue weighted by Gasteiger charge is 2.28. The number of aliphatic hydroxyl groups is 1. The fraction of sp³-hybridized carbons (Fsp3) is 0.259. The zero-order chi connectivity index (χ0) is 26.0. The SMILES string of the molecule is CN(C)c1ccc2c(c1)CCN(c1cccc(-c3cc(NC(=O)CC#N)c(=O)n(C)c3)c1CO)C2=O. The molecule has 0 unspecified atom stereocenters. The topological polar surface area (TPSA) is 119 Å². The smallest absolute Gasteiger partial charge is 0.274 e. The van der Waals surface area contributed by atoms with E-state index in [1.165, 1.54) is 10.6 Å². The fourth-order valence-corrected chi connectivity index (χ4v) is 4.46. The van der Waals surface area contributed by atoms with Crippen LogP contribution in [0, 0.1) is 11.3 Å². The highest BCUT2D eigenvalue weighted by Crippen LogP contribution is 2.35. The summed E-state index contributed by atoms with van der Waals surface area (Å²) < 4.78 is 1.33. The van der Waals surface area contributed by atoms with Gasteiger partial charge in [0.15, 0.2) is 0 Å². The first-order valence-electron chi connectivity index (χ1n) is 11.5. The van der Waals surface area contributed by atoms with Crippen molar-refractivity contribution >= 4 is 28.9 Å². The molecule has 2 amide bonds. The second-order valence-electron chi connectivity index (χ2n) is 8.85. The summed E-state index contributed by atoms with van der Waals surface area (Å²) in [5.41, 5.74) is 4.58. The zero-order valence-corrected chi connectivity index (χ0v) is 20.4. The maximum absolute atomic E-state index is 13.5. The van der Waals surface area contributed by atoms with E-state index in [1.54, 1.807) is 42.4 Å². The molecule has 9 nitrogen and oxygen atoms in total. The van der Waals surface area contributed by atoms with E-state index in [0.29, 0.717) is 40.9 Å². The van der Waals surface area contributed by atoms with Crippen molar-refractivity contribution in [3.8, 4) is 17.2 Å². The predicted octanol–water partition coefficient (Wildman–Crippen LogP) is 2.67. The molecular weight excluding hydrogens is 458 g/mol. The Morgan fingerprint density at radius 1 is 1.17 bits per heavy atom. The molecule has 0 aliphatic carbocycles. The summed E-state index contributed by atoms with van der Waals surface area (Å²) in [6.07, 6.45) is 1.91. The summed E-state index contributed by atoms with van der Waals surface area (Å²) in [6.45, 7) is 0.128. The summed E-state index contributed by atoms with van der Waals surface area (Å²) in [7, 11) is 5.47. The van der Waals surface area contributed by atoms with Crippen molar-refractivity contribution in [2.75, 3.05) is 35.8 Å². The minimum atomic E-state index is -0.585. The van der Waals surface area contributed by atoms with Crippen molar-refractivity contribution in [2.24, 2.45) is 7.05 Å². The van der Waals surface area contributed by atoms with Crippen LogP contribution < -0.4 is 20.7 Å². The highest BCUT2D eigenvalue weighted by molar-refractivity contribution is 6.09. The van der Waals surface area contributed by atoms with Gasteiger partial charge in [0.05, 0.1) is 18.4 Å². The molecule has 0 saturated carbocycles. The Balaban J connectivity index is 1.76. The lowest BCUT2D eigenvalue weighted by Crippen LogP contribution is -2.38. The number of nitriles is 1. The summed E-state index contributed by atoms with van der Waals surface area (Å²) in [5, 5.41) is 21.6. The molecule has 3 aromatic rings. The Morgan fingerprint density at radius 2 is 1.94 bits per heavy atom. The molecule has 2 N–H and O–H groups in total. The molecule has 0 fully saturated rings. The van der Waals surface area contributed by atoms with E-state index in [0.717, 1.165) is 11.3 Å². The molecule has 1 aliphatic rings. The molecule has 9 heteroatoms. The van der Waals surface area contributed by atoms with Crippen LogP contribution in [0.4, 0.5) is 17.1 Å². The van der Waals surface area contributed by atoms with Crippen LogP contribution in [0.15, 0.2) is 53.5 Å². The lowest BCUT2D eigenvalue weighted by molar-refractivity contribution is -0.115. The van der Waals surface area contributed by atoms with Crippen molar-refractivity contribution in [2.45, 2.75) is 19.4 Å². The van der Waals surface area contributed by atoms with E-state index in [2.05, 4.69) is 5.32 Å². The van der Waals surface area contributed by atoms with E-state index in [9.17, 15) is 19.5 Å². The number of rotatable bonds is 6. The van der Waals surface area contributed by atoms with Gasteiger partial charge in [-0.1, -0.05) is 12.1 Å². The molecular formula is C27H27N5O4. The number of aliphatic hydroxyl groups excluding tert-OH is 1. The van der Waals surface area contributed by atoms with Crippen LogP contribution in [0.2, 0.25) is 0 Å². The van der Waals surface area contributed by atoms with Gasteiger partial charge < -0.3 is 24.8 Å². The molecule has 0 saturated heterocycles. The van der Waals surface area contributed by atoms with E-state index >= 15 is 0 Å². The van der Waals surface area contributed by atoms with Gasteiger partial charge in [-0.3, -0.25) is 14.4 Å². The van der Waals surface area contributed by atoms with Gasteiger partial charge in [-0.2, -0.15) is 5.26 Å². The van der Waals surface area contributed by atoms with Crippen molar-refractivity contribution in [1.29, 1.82) is 5.26 Å². The van der Waals surface area contributed by atoms with Crippen molar-refractivity contribution in [1.82, 2.24) is 4.57 Å². The number of aromatic nitrogens is 1. The van der Waals surface area contributed by atoms with Crippen molar-refractivity contribution in [3.05, 3.63) is 75.7 Å². The molecule has 0 bridgehead atoms. The highest BCUT2D eigenvalue weighted by atomic mass is 16.3. The lowest BCUT2D eigenvalue weighted by Gasteiger charge is -2.31. The van der Waals surface area contributed by atoms with E-state index < -0.39 is 11.5 Å². The maximum Gasteiger partial charge on any atom is 0.274 e. The molecule has 4 rings (SSSR count). The van der Waals surface area contributed by atoms with Crippen molar-refractivity contribution < 1.29 is 14.7 Å². The minimum Gasteiger partial charge on any atom is -0.392 e. The van der Waals surface area contributed by atoms with Crippen LogP contribution in [-0.4, -0.2) is 42.1 Å². The van der Waals surface area contributed by atoms with Gasteiger partial charge in [0.25, 0.3) is 11.5 Å². The number of amides is 2. The number of benzene rings is 2. The number of fused-ring (bicyclic) bond motifs is 1. The molecule has 2 heterocycles. The van der Waals surface area contributed by atoms with Crippen LogP contribution >= 0.6 is 0 Å². The van der Waals surface area contributed by atoms with E-state index in [-0.39, 0.29) is 24.6 Å². The van der Waals surface area contributed by atoms with Crippen LogP contribution in [0.5, 0.6) is 0 Å². The number of nitrogens with one attached hydrogen (secondary N) is 1. The Hall–Kier alpha value is -4.42. The molecule has 2 aromatic carbocycles. The standard InChI is InChI=1S/C27H27N5O4/c1-30(2)19-7-8-21-17(13-19)10-12-32(26(21)35)24-6-4-5-20(22(24)16-33)18-14-23(27(36)31(3)15-18)29-25(34)9-11-28/h4-8,13-15,33H,9-10,12,16H2,1-3H3,(H,29,34). The van der Waals surface area contributed by atoms with Crippen LogP contribution in [0.1, 0.15) is 27.9 Å². The molecule has 1 aliphatic heterocycles. The van der Waals surface area contributed by atoms with E-state index in [1.807, 2.05) is 37.2 Å². The number of aryl methyl sites for hydroxylation is 1. The largest absolute Gasteiger partial charge is 0.392 e. The number of hydrogen-bond acceptors (Lipinski definition) is 6. The number of hydrogen-bond donors (Lipinski definition) is 2. The molecule has 0 radical (unpaired) electrons. The minimum absolute atomic E-state index is 0.0317. The van der Waals surface area contributed by atoms with Crippen molar-refractivity contribution in [3.63, 3.8) is 0 Å². The number of carbonyl (C=O) groups is 2. The second kappa shape index (κ2) is 10.1. The number of pyridine rings is 1. The van der Waals surface area contributed by atoms with Crippen LogP contribution in [0.25, 0.3) is 11.1 Å². The van der Waals surface area contributed by atoms with Gasteiger partial charge in [-0.25, -0.2) is 0 Å². The lowest BCUT2D eigenvalue weighted by atomic mass is 9.94. The normalized spacial score (nSPS) is 12.6. The summed E-state index contributed by atoms with van der Waals surface area (Å²) in [6, 6.07) is 14.4. The van der Waals surface area contributed by atoms with Gasteiger partial charge in [0, 0.05) is 56.3 Å². The first kappa shape index (κ1) is 24.7. The van der Waals surface area contributed by atoms with Crippen LogP contribution in [-0.2, 0) is 24.9 Å². The first-order chi connectivity index (χ1) is 17.2. The third-order valence-electron chi connectivity index (χ3n) is 6.29. The van der Waals surface area contributed by atoms with Crippen LogP contribution in [0.3, 0.4) is 0 Å². The number of carbonyl (C=O) groups excluding carboxylic acids is 2. The molecule has 0 spiro atoms. The molecule has 36 heavy (non-hydrogen) atoms. The number of nitrogens with zero attached hydrogens (tertiary/aromatic N) is 4. The van der Waals surface area contributed by atoms with E-state index in [4.69, 9.17) is 5.26 Å². The van der Waals surface area contributed by atoms with Gasteiger partial charge in [-0.05, 0) is 47.9 Å². The zero-order valence-electron chi connectivity index (χ0n) is 20.4. The summed E-state index contributed by atoms with van der Waals surface area (Å²) in [5.74, 6) is -0.726. The van der Waals surface area contributed by atoms with Gasteiger partial charge in [-0.15, -0.1) is 0 Å². The quantitative estimate of drug-likeness (QED) is 0.554. The summed E-state index contributed by atoms with van der Waals surface area (Å²) >= 11 is 0. The fourth-order valence-electron chi connectivity index (χ4n) is 4.46. The van der Waals surface area contributed by atoms with Gasteiger partial charge in [0.1, 0.15) is 12.1 Å². The first-order valence-corrected chi connectivity index (χ1v) is 11.5. The third kappa shape index (κ3) is 4.59. The monoisotopic (exact) mass is 485 g/mol. The maximum atomic E-state index is 13.5. The number of anilines is 3. The third-order valence-corrected chi connectivity index (χ3v) is 6.29. The predicted molar refractivity (Wildman–Crippen MR) is 138 cm³/mol. The average molecular weight is 486 g/mol. The van der Waals surface area contributed by atoms with Gasteiger partial charge >= 0.3 is 0 Å².